The molecular formula is C45H87N11O12. The molecule has 7 atom stereocenters. The topological polar surface area (TPSA) is 376 Å². The molecule has 23 heteroatoms. The maximum atomic E-state index is 12.9. The van der Waals surface area contributed by atoms with Crippen molar-refractivity contribution in [2.45, 2.75) is 136 Å². The summed E-state index contributed by atoms with van der Waals surface area (Å²) in [7, 11) is 1.62. The molecule has 394 valence electrons. The van der Waals surface area contributed by atoms with Crippen LogP contribution in [0.25, 0.3) is 0 Å². The largest absolute Gasteiger partial charge is 0.464 e. The van der Waals surface area contributed by atoms with Crippen molar-refractivity contribution in [2.24, 2.45) is 34.8 Å². The molecule has 0 aliphatic heterocycles. The van der Waals surface area contributed by atoms with Crippen molar-refractivity contribution < 1.29 is 58.0 Å². The molecule has 0 unspecified atom stereocenters. The lowest BCUT2D eigenvalue weighted by molar-refractivity contribution is -0.147. The molecule has 3 amide bonds. The van der Waals surface area contributed by atoms with Gasteiger partial charge in [0.15, 0.2) is 0 Å². The van der Waals surface area contributed by atoms with Crippen molar-refractivity contribution in [1.29, 1.82) is 0 Å². The summed E-state index contributed by atoms with van der Waals surface area (Å²) in [4.78, 5) is 85.0. The SMILES string of the molecule is CC.CC.CC(C)C[C@H](NCN)C(=O)OCC[C@H](N)C(=O)NCN[C@@H](CC(C)C)C(=O)OCC[C@H](N)C(=O)NCN[C@@H](Cc1ccccc1)C(=O)OCC[C@H](N)C(=O)NCO.CN[C@H](C=O)CO. The molecule has 1 rings (SSSR count). The first-order valence-electron chi connectivity index (χ1n) is 23.3. The molecule has 0 saturated carbocycles. The van der Waals surface area contributed by atoms with Gasteiger partial charge in [-0.05, 0) is 43.7 Å². The van der Waals surface area contributed by atoms with Crippen molar-refractivity contribution in [2.75, 3.05) is 60.2 Å². The van der Waals surface area contributed by atoms with Gasteiger partial charge in [-0.1, -0.05) is 85.7 Å². The number of benzene rings is 1. The second-order valence-electron chi connectivity index (χ2n) is 15.5. The van der Waals surface area contributed by atoms with E-state index in [0.717, 1.165) is 5.56 Å². The molecule has 0 fully saturated rings. The monoisotopic (exact) mass is 974 g/mol. The van der Waals surface area contributed by atoms with E-state index in [9.17, 15) is 33.6 Å². The van der Waals surface area contributed by atoms with Crippen molar-refractivity contribution in [1.82, 2.24) is 37.2 Å². The van der Waals surface area contributed by atoms with Crippen LogP contribution >= 0.6 is 0 Å². The number of likely N-dealkylation sites (N-methyl/N-ethyl adjacent to an activating group) is 1. The minimum absolute atomic E-state index is 0.00222. The highest BCUT2D eigenvalue weighted by molar-refractivity contribution is 5.83. The quantitative estimate of drug-likeness (QED) is 0.0156. The highest BCUT2D eigenvalue weighted by Gasteiger charge is 2.25. The number of ether oxygens (including phenoxy) is 3. The predicted octanol–water partition coefficient (Wildman–Crippen LogP) is -2.07. The lowest BCUT2D eigenvalue weighted by Gasteiger charge is -2.21. The fraction of sp³-hybridized carbons (Fsp3) is 0.711. The van der Waals surface area contributed by atoms with Crippen molar-refractivity contribution in [3.63, 3.8) is 0 Å². The third-order valence-corrected chi connectivity index (χ3v) is 9.15. The minimum Gasteiger partial charge on any atom is -0.464 e. The third kappa shape index (κ3) is 33.7. The van der Waals surface area contributed by atoms with Crippen molar-refractivity contribution >= 4 is 41.9 Å². The highest BCUT2D eigenvalue weighted by Crippen LogP contribution is 2.09. The number of nitrogens with one attached hydrogen (secondary N) is 7. The Balaban J connectivity index is -0.00000345. The first-order chi connectivity index (χ1) is 32.4. The first-order valence-corrected chi connectivity index (χ1v) is 23.3. The summed E-state index contributed by atoms with van der Waals surface area (Å²) >= 11 is 0. The molecule has 17 N–H and O–H groups in total. The number of nitrogens with two attached hydrogens (primary N) is 4. The van der Waals surface area contributed by atoms with E-state index in [1.807, 2.05) is 85.7 Å². The maximum absolute atomic E-state index is 12.9. The van der Waals surface area contributed by atoms with E-state index in [0.29, 0.717) is 19.1 Å². The molecule has 0 bridgehead atoms. The van der Waals surface area contributed by atoms with E-state index in [1.54, 1.807) is 7.05 Å². The second kappa shape index (κ2) is 43.6. The Kier molecular flexibility index (Phi) is 43.3. The normalized spacial score (nSPS) is 13.7. The second-order valence-corrected chi connectivity index (χ2v) is 15.5. The molecule has 0 aromatic heterocycles. The molecule has 1 aromatic rings. The number of carbonyl (C=O) groups excluding carboxylic acids is 7. The zero-order chi connectivity index (χ0) is 52.5. The molecule has 0 spiro atoms. The molecule has 1 aromatic carbocycles. The Morgan fingerprint density at radius 2 is 1.00 bits per heavy atom. The lowest BCUT2D eigenvalue weighted by atomic mass is 10.0. The standard InChI is InChI=1S/C37H66N10O10.C4H9NO2.2C2H6/c1-23(2)16-29(42-19-38)35(52)55-13-10-26(39)32(49)45-20-43-30(17-24(3)4)36(53)56-14-11-27(40)33(50)46-21-44-31(18-25-8-6-5-7-9-25)37(54)57-15-12-28(41)34(51)47-22-48;1-5-4(2-6)3-7;2*1-2/h5-9,23-24,26-31,42-44,48H,10-22,38-41H2,1-4H3,(H,45,49)(H,46,50)(H,47,51);2,4-5,7H,3H2,1H3;2*1-2H3/t26-,27-,28-,29-,30-,31-;4-;;/m01../s1. The van der Waals surface area contributed by atoms with Crippen LogP contribution in [0.15, 0.2) is 30.3 Å². The number of esters is 3. The molecule has 68 heavy (non-hydrogen) atoms. The lowest BCUT2D eigenvalue weighted by Crippen LogP contribution is -2.50. The van der Waals surface area contributed by atoms with Gasteiger partial charge in [-0.15, -0.1) is 0 Å². The van der Waals surface area contributed by atoms with Gasteiger partial charge in [0.2, 0.25) is 17.7 Å². The van der Waals surface area contributed by atoms with Gasteiger partial charge in [-0.2, -0.15) is 0 Å². The van der Waals surface area contributed by atoms with Crippen molar-refractivity contribution in [3.05, 3.63) is 35.9 Å². The summed E-state index contributed by atoms with van der Waals surface area (Å²) < 4.78 is 16.0. The van der Waals surface area contributed by atoms with Crippen LogP contribution in [0, 0.1) is 11.8 Å². The molecule has 0 aliphatic rings. The van der Waals surface area contributed by atoms with E-state index >= 15 is 0 Å². The fourth-order valence-corrected chi connectivity index (χ4v) is 5.45. The predicted molar refractivity (Wildman–Crippen MR) is 259 cm³/mol. The highest BCUT2D eigenvalue weighted by atomic mass is 16.5. The molecule has 0 saturated heterocycles. The molecular weight excluding hydrogens is 887 g/mol. The van der Waals surface area contributed by atoms with Gasteiger partial charge in [-0.3, -0.25) is 44.7 Å². The summed E-state index contributed by atoms with van der Waals surface area (Å²) in [5, 5.41) is 35.8. The van der Waals surface area contributed by atoms with Crippen LogP contribution in [-0.2, 0) is 54.2 Å². The number of carbonyl (C=O) groups is 7. The van der Waals surface area contributed by atoms with Crippen LogP contribution in [0.3, 0.4) is 0 Å². The molecule has 23 nitrogen and oxygen atoms in total. The van der Waals surface area contributed by atoms with Crippen LogP contribution in [-0.4, -0.2) is 155 Å². The van der Waals surface area contributed by atoms with E-state index in [1.165, 1.54) is 0 Å². The average Bonchev–Trinajstić information content (AvgIpc) is 3.32. The Morgan fingerprint density at radius 3 is 1.34 bits per heavy atom. The maximum Gasteiger partial charge on any atom is 0.323 e. The van der Waals surface area contributed by atoms with Gasteiger partial charge < -0.3 is 73.4 Å². The van der Waals surface area contributed by atoms with E-state index in [-0.39, 0.29) is 90.0 Å². The number of rotatable bonds is 33. The number of hydrogen-bond donors (Lipinski definition) is 13. The first kappa shape index (κ1) is 67.6. The van der Waals surface area contributed by atoms with Crippen LogP contribution in [0.2, 0.25) is 0 Å². The van der Waals surface area contributed by atoms with Crippen LogP contribution in [0.1, 0.15) is 93.1 Å². The Labute approximate surface area is 403 Å². The fourth-order valence-electron chi connectivity index (χ4n) is 5.45. The average molecular weight is 974 g/mol. The van der Waals surface area contributed by atoms with Gasteiger partial charge in [-0.25, -0.2) is 0 Å². The number of amides is 3. The van der Waals surface area contributed by atoms with Gasteiger partial charge >= 0.3 is 17.9 Å². The van der Waals surface area contributed by atoms with E-state index in [2.05, 4.69) is 37.2 Å². The third-order valence-electron chi connectivity index (χ3n) is 9.15. The number of hydrogen-bond acceptors (Lipinski definition) is 20. The summed E-state index contributed by atoms with van der Waals surface area (Å²) in [5.74, 6) is -3.00. The van der Waals surface area contributed by atoms with Crippen LogP contribution in [0.4, 0.5) is 0 Å². The molecule has 0 aliphatic carbocycles. The van der Waals surface area contributed by atoms with E-state index < -0.39 is 78.6 Å². The van der Waals surface area contributed by atoms with E-state index in [4.69, 9.17) is 47.4 Å². The number of aliphatic hydroxyl groups is 2. The summed E-state index contributed by atoms with van der Waals surface area (Å²) in [5.41, 5.74) is 24.1. The minimum atomic E-state index is -1.04. The Hall–Kier alpha value is -4.69. The molecule has 0 heterocycles. The zero-order valence-electron chi connectivity index (χ0n) is 41.8. The van der Waals surface area contributed by atoms with Gasteiger partial charge in [0.25, 0.3) is 0 Å². The van der Waals surface area contributed by atoms with Crippen LogP contribution in [0.5, 0.6) is 0 Å². The summed E-state index contributed by atoms with van der Waals surface area (Å²) in [6.07, 6.45) is 1.96. The van der Waals surface area contributed by atoms with Gasteiger partial charge in [0.1, 0.15) is 31.1 Å². The van der Waals surface area contributed by atoms with Crippen molar-refractivity contribution in [3.8, 4) is 0 Å². The summed E-state index contributed by atoms with van der Waals surface area (Å²) in [6, 6.07) is 3.55. The smallest absolute Gasteiger partial charge is 0.323 e. The zero-order valence-corrected chi connectivity index (χ0v) is 41.8. The number of aliphatic hydroxyl groups excluding tert-OH is 2. The Bertz CT molecular complexity index is 1490. The number of aldehydes is 1. The van der Waals surface area contributed by atoms with Gasteiger partial charge in [0.05, 0.1) is 63.9 Å². The van der Waals surface area contributed by atoms with Gasteiger partial charge in [0, 0.05) is 25.9 Å². The van der Waals surface area contributed by atoms with Crippen LogP contribution < -0.4 is 60.2 Å². The summed E-state index contributed by atoms with van der Waals surface area (Å²) in [6.45, 7) is 14.6. The Morgan fingerprint density at radius 1 is 0.618 bits per heavy atom. The molecule has 0 radical (unpaired) electrons.